The fourth-order valence-corrected chi connectivity index (χ4v) is 5.11. The number of amides is 1. The number of carbonyl (C=O) groups excluding carboxylic acids is 2. The molecule has 0 aliphatic carbocycles. The molecule has 0 aromatic heterocycles. The number of hydrogen-bond acceptors (Lipinski definition) is 6. The molecule has 208 valence electrons. The van der Waals surface area contributed by atoms with E-state index in [2.05, 4.69) is 19.9 Å². The lowest BCUT2D eigenvalue weighted by atomic mass is 9.85. The molecule has 2 N–H and O–H groups in total. The Morgan fingerprint density at radius 1 is 1.16 bits per heavy atom. The van der Waals surface area contributed by atoms with Crippen LogP contribution in [0.15, 0.2) is 36.0 Å². The Bertz CT molecular complexity index is 879. The number of carboxylic acids is 1. The molecule has 8 heteroatoms. The summed E-state index contributed by atoms with van der Waals surface area (Å²) < 4.78 is 11.6. The first kappa shape index (κ1) is 30.9. The predicted octanol–water partition coefficient (Wildman–Crippen LogP) is 4.42. The van der Waals surface area contributed by atoms with Crippen LogP contribution in [0.2, 0.25) is 0 Å². The van der Waals surface area contributed by atoms with Crippen molar-refractivity contribution < 1.29 is 34.1 Å². The molecule has 0 aromatic rings. The van der Waals surface area contributed by atoms with Crippen LogP contribution >= 0.6 is 0 Å². The zero-order valence-electron chi connectivity index (χ0n) is 23.0. The molecule has 2 rings (SSSR count). The summed E-state index contributed by atoms with van der Waals surface area (Å²) >= 11 is 0. The molecule has 2 aliphatic rings. The first-order chi connectivity index (χ1) is 17.5. The van der Waals surface area contributed by atoms with Gasteiger partial charge < -0.3 is 24.6 Å². The molecule has 1 amide bonds. The van der Waals surface area contributed by atoms with Crippen molar-refractivity contribution in [3.63, 3.8) is 0 Å². The van der Waals surface area contributed by atoms with Crippen LogP contribution in [0, 0.1) is 11.8 Å². The van der Waals surface area contributed by atoms with Crippen molar-refractivity contribution in [1.29, 1.82) is 0 Å². The number of aliphatic hydroxyl groups is 1. The quantitative estimate of drug-likeness (QED) is 0.290. The van der Waals surface area contributed by atoms with Gasteiger partial charge in [0.1, 0.15) is 6.04 Å². The first-order valence-corrected chi connectivity index (χ1v) is 13.6. The molecule has 0 aromatic carbocycles. The second kappa shape index (κ2) is 14.6. The number of Topliss-reactive ketones (excluding diaryl/α,β-unsaturated/α-hetero) is 1. The van der Waals surface area contributed by atoms with Crippen LogP contribution in [0.3, 0.4) is 0 Å². The predicted molar refractivity (Wildman–Crippen MR) is 142 cm³/mol. The van der Waals surface area contributed by atoms with Gasteiger partial charge in [0, 0.05) is 26.0 Å². The summed E-state index contributed by atoms with van der Waals surface area (Å²) in [6, 6.07) is -1.06. The normalized spacial score (nSPS) is 29.0. The highest BCUT2D eigenvalue weighted by atomic mass is 16.6. The third-order valence-electron chi connectivity index (χ3n) is 7.54. The molecule has 2 saturated heterocycles. The van der Waals surface area contributed by atoms with Gasteiger partial charge in [-0.1, -0.05) is 57.6 Å². The van der Waals surface area contributed by atoms with Crippen molar-refractivity contribution in [2.24, 2.45) is 11.8 Å². The number of likely N-dealkylation sites (tertiary alicyclic amines) is 1. The Morgan fingerprint density at radius 2 is 1.89 bits per heavy atom. The van der Waals surface area contributed by atoms with Crippen LogP contribution in [-0.2, 0) is 23.9 Å². The number of piperidine rings is 1. The van der Waals surface area contributed by atoms with Crippen molar-refractivity contribution >= 4 is 17.7 Å². The van der Waals surface area contributed by atoms with E-state index in [1.54, 1.807) is 14.0 Å². The van der Waals surface area contributed by atoms with E-state index in [0.717, 1.165) is 23.3 Å². The Hall–Kier alpha value is -2.29. The van der Waals surface area contributed by atoms with Crippen LogP contribution in [0.5, 0.6) is 0 Å². The summed E-state index contributed by atoms with van der Waals surface area (Å²) in [5, 5.41) is 20.8. The maximum Gasteiger partial charge on any atom is 0.326 e. The largest absolute Gasteiger partial charge is 0.480 e. The van der Waals surface area contributed by atoms with Gasteiger partial charge in [-0.15, -0.1) is 0 Å². The molecular weight excluding hydrogens is 474 g/mol. The van der Waals surface area contributed by atoms with Crippen molar-refractivity contribution in [2.75, 3.05) is 13.7 Å². The summed E-state index contributed by atoms with van der Waals surface area (Å²) in [4.78, 5) is 38.9. The van der Waals surface area contributed by atoms with E-state index in [9.17, 15) is 24.6 Å². The molecule has 2 aliphatic heterocycles. The number of carboxylic acid groups (broad SMARTS) is 1. The lowest BCUT2D eigenvalue weighted by Crippen LogP contribution is -2.60. The average molecular weight is 520 g/mol. The lowest BCUT2D eigenvalue weighted by Gasteiger charge is -2.42. The summed E-state index contributed by atoms with van der Waals surface area (Å²) in [6.07, 6.45) is 14.7. The number of allylic oxidation sites excluding steroid dienone is 5. The van der Waals surface area contributed by atoms with Gasteiger partial charge in [-0.2, -0.15) is 0 Å². The molecule has 0 saturated carbocycles. The van der Waals surface area contributed by atoms with Gasteiger partial charge in [-0.25, -0.2) is 4.79 Å². The van der Waals surface area contributed by atoms with Gasteiger partial charge in [-0.3, -0.25) is 9.59 Å². The van der Waals surface area contributed by atoms with Crippen LogP contribution in [0.25, 0.3) is 0 Å². The van der Waals surface area contributed by atoms with E-state index in [4.69, 9.17) is 9.47 Å². The summed E-state index contributed by atoms with van der Waals surface area (Å²) in [7, 11) is 1.60. The minimum atomic E-state index is -2.30. The van der Waals surface area contributed by atoms with Gasteiger partial charge in [0.25, 0.3) is 11.7 Å². The molecule has 2 heterocycles. The smallest absolute Gasteiger partial charge is 0.326 e. The van der Waals surface area contributed by atoms with E-state index in [-0.39, 0.29) is 19.1 Å². The highest BCUT2D eigenvalue weighted by Gasteiger charge is 2.52. The molecule has 8 nitrogen and oxygen atoms in total. The van der Waals surface area contributed by atoms with Gasteiger partial charge in [0.15, 0.2) is 0 Å². The van der Waals surface area contributed by atoms with Crippen LogP contribution in [0.4, 0.5) is 0 Å². The number of nitrogens with zero attached hydrogens (tertiary/aromatic N) is 1. The second-order valence-corrected chi connectivity index (χ2v) is 10.5. The van der Waals surface area contributed by atoms with E-state index >= 15 is 0 Å². The summed E-state index contributed by atoms with van der Waals surface area (Å²) in [6.45, 7) is 8.16. The van der Waals surface area contributed by atoms with Crippen LogP contribution in [0.1, 0.15) is 79.1 Å². The molecule has 6 atom stereocenters. The van der Waals surface area contributed by atoms with Crippen molar-refractivity contribution in [2.45, 2.75) is 103 Å². The molecule has 0 spiro atoms. The molecule has 2 fully saturated rings. The van der Waals surface area contributed by atoms with E-state index in [1.807, 2.05) is 31.2 Å². The third kappa shape index (κ3) is 8.35. The van der Waals surface area contributed by atoms with Crippen LogP contribution in [-0.4, -0.2) is 70.5 Å². The van der Waals surface area contributed by atoms with Crippen LogP contribution < -0.4 is 0 Å². The Morgan fingerprint density at radius 3 is 2.54 bits per heavy atom. The van der Waals surface area contributed by atoms with Gasteiger partial charge in [-0.05, 0) is 56.9 Å². The first-order valence-electron chi connectivity index (χ1n) is 13.6. The summed E-state index contributed by atoms with van der Waals surface area (Å²) in [5.74, 6) is -5.59. The van der Waals surface area contributed by atoms with Crippen molar-refractivity contribution in [3.8, 4) is 0 Å². The van der Waals surface area contributed by atoms with Gasteiger partial charge in [0.05, 0.1) is 12.2 Å². The molecule has 0 bridgehead atoms. The van der Waals surface area contributed by atoms with Gasteiger partial charge >= 0.3 is 5.97 Å². The minimum Gasteiger partial charge on any atom is -0.480 e. The molecule has 0 radical (unpaired) electrons. The van der Waals surface area contributed by atoms with Gasteiger partial charge in [0.2, 0.25) is 5.79 Å². The average Bonchev–Trinajstić information content (AvgIpc) is 2.88. The molecule has 37 heavy (non-hydrogen) atoms. The highest BCUT2D eigenvalue weighted by molar-refractivity contribution is 6.39. The minimum absolute atomic E-state index is 0.172. The number of methoxy groups -OCH3 is 1. The molecule has 0 unspecified atom stereocenters. The fraction of sp³-hybridized carbons (Fsp3) is 0.690. The number of hydrogen-bond donors (Lipinski definition) is 2. The third-order valence-corrected chi connectivity index (χ3v) is 7.54. The maximum absolute atomic E-state index is 13.2. The monoisotopic (exact) mass is 519 g/mol. The number of carbonyl (C=O) groups is 3. The standard InChI is InChI=1S/C29H45NO7/c1-6-12-20(2)13-8-7-9-14-21(3)25(36-5)19-23-17-16-22(4)29(35,37-23)26(31)27(32)30-18-11-10-15-24(30)28(33)34/h7-9,13-14,20,22-25,35H,6,10-12,15-19H2,1-5H3,(H,33,34)/b9-7+,13-8+,21-14+/t20-,22+,23-,24-,25-,29+/m0/s1. The van der Waals surface area contributed by atoms with Crippen molar-refractivity contribution in [1.82, 2.24) is 4.90 Å². The van der Waals surface area contributed by atoms with Crippen molar-refractivity contribution in [3.05, 3.63) is 36.0 Å². The lowest BCUT2D eigenvalue weighted by molar-refractivity contribution is -0.265. The second-order valence-electron chi connectivity index (χ2n) is 10.5. The van der Waals surface area contributed by atoms with E-state index in [1.165, 1.54) is 0 Å². The Balaban J connectivity index is 2.07. The number of aliphatic carboxylic acids is 1. The topological polar surface area (TPSA) is 113 Å². The SMILES string of the molecule is CCC[C@H](C)/C=C/C=C/C=C(\C)[C@H](C[C@@H]1CC[C@@H](C)[C@](O)(C(=O)C(=O)N2CCCC[C@H]2C(=O)O)O1)OC. The number of ether oxygens (including phenoxy) is 2. The molecular formula is C29H45NO7. The highest BCUT2D eigenvalue weighted by Crippen LogP contribution is 2.36. The Labute approximate surface area is 221 Å². The summed E-state index contributed by atoms with van der Waals surface area (Å²) in [5.41, 5.74) is 0.972. The fourth-order valence-electron chi connectivity index (χ4n) is 5.11. The number of rotatable bonds is 12. The van der Waals surface area contributed by atoms with E-state index < -0.39 is 41.5 Å². The maximum atomic E-state index is 13.2. The number of ketones is 1. The zero-order chi connectivity index (χ0) is 27.6. The Kier molecular flexibility index (Phi) is 12.2. The zero-order valence-corrected chi connectivity index (χ0v) is 23.0. The van der Waals surface area contributed by atoms with E-state index in [0.29, 0.717) is 38.0 Å².